The van der Waals surface area contributed by atoms with Crippen LogP contribution in [0.1, 0.15) is 39.0 Å². The van der Waals surface area contributed by atoms with Gasteiger partial charge in [0.15, 0.2) is 0 Å². The molecule has 0 spiro atoms. The number of hydrogen-bond acceptors (Lipinski definition) is 3. The molecule has 0 radical (unpaired) electrons. The van der Waals surface area contributed by atoms with Crippen molar-refractivity contribution in [3.05, 3.63) is 24.3 Å². The molecule has 3 nitrogen and oxygen atoms in total. The van der Waals surface area contributed by atoms with E-state index in [9.17, 15) is 9.90 Å². The summed E-state index contributed by atoms with van der Waals surface area (Å²) in [6, 6.07) is 7.54. The van der Waals surface area contributed by atoms with Gasteiger partial charge in [-0.2, -0.15) is 0 Å². The van der Waals surface area contributed by atoms with Crippen LogP contribution in [0.4, 0.5) is 0 Å². The van der Waals surface area contributed by atoms with E-state index in [2.05, 4.69) is 6.92 Å². The Morgan fingerprint density at radius 3 is 2.47 bits per heavy atom. The molecule has 0 fully saturated rings. The van der Waals surface area contributed by atoms with Gasteiger partial charge in [0, 0.05) is 4.90 Å². The Bertz CT molecular complexity index is 375. The van der Waals surface area contributed by atoms with Gasteiger partial charge in [-0.15, -0.1) is 11.8 Å². The Morgan fingerprint density at radius 1 is 1.26 bits per heavy atom. The molecule has 1 unspecified atom stereocenters. The second-order valence-electron chi connectivity index (χ2n) is 4.47. The van der Waals surface area contributed by atoms with E-state index in [1.54, 1.807) is 7.11 Å². The van der Waals surface area contributed by atoms with Crippen LogP contribution < -0.4 is 4.74 Å². The maximum atomic E-state index is 11.2. The number of ether oxygens (including phenoxy) is 1. The van der Waals surface area contributed by atoms with Crippen LogP contribution in [0.15, 0.2) is 29.2 Å². The molecule has 1 aromatic rings. The predicted molar refractivity (Wildman–Crippen MR) is 79.0 cm³/mol. The normalized spacial score (nSPS) is 12.1. The summed E-state index contributed by atoms with van der Waals surface area (Å²) in [5.41, 5.74) is 0. The lowest BCUT2D eigenvalue weighted by Crippen LogP contribution is -2.16. The summed E-state index contributed by atoms with van der Waals surface area (Å²) >= 11 is 1.42. The highest BCUT2D eigenvalue weighted by atomic mass is 32.2. The smallest absolute Gasteiger partial charge is 0.316 e. The summed E-state index contributed by atoms with van der Waals surface area (Å²) in [4.78, 5) is 12.2. The third-order valence-electron chi connectivity index (χ3n) is 2.93. The zero-order valence-electron chi connectivity index (χ0n) is 11.6. The number of rotatable bonds is 9. The first-order valence-corrected chi connectivity index (χ1v) is 7.58. The highest BCUT2D eigenvalue weighted by Crippen LogP contribution is 2.28. The van der Waals surface area contributed by atoms with Crippen LogP contribution in [0.2, 0.25) is 0 Å². The van der Waals surface area contributed by atoms with Crippen molar-refractivity contribution in [2.24, 2.45) is 0 Å². The van der Waals surface area contributed by atoms with Crippen molar-refractivity contribution in [2.75, 3.05) is 7.11 Å². The molecular formula is C15H22O3S. The van der Waals surface area contributed by atoms with Crippen LogP contribution in [0.5, 0.6) is 5.75 Å². The Labute approximate surface area is 119 Å². The molecule has 19 heavy (non-hydrogen) atoms. The number of methoxy groups -OCH3 is 1. The van der Waals surface area contributed by atoms with Crippen LogP contribution >= 0.6 is 11.8 Å². The van der Waals surface area contributed by atoms with Gasteiger partial charge in [0.05, 0.1) is 7.11 Å². The Balaban J connectivity index is 2.49. The van der Waals surface area contributed by atoms with Gasteiger partial charge in [0.2, 0.25) is 0 Å². The molecule has 1 aromatic carbocycles. The second kappa shape index (κ2) is 8.86. The van der Waals surface area contributed by atoms with Crippen molar-refractivity contribution >= 4 is 17.7 Å². The first kappa shape index (κ1) is 15.9. The monoisotopic (exact) mass is 282 g/mol. The topological polar surface area (TPSA) is 46.5 Å². The highest BCUT2D eigenvalue weighted by molar-refractivity contribution is 8.00. The van der Waals surface area contributed by atoms with Gasteiger partial charge < -0.3 is 9.84 Å². The van der Waals surface area contributed by atoms with E-state index >= 15 is 0 Å². The molecule has 0 aliphatic rings. The molecule has 1 N–H and O–H groups in total. The number of carbonyl (C=O) groups is 1. The largest absolute Gasteiger partial charge is 0.497 e. The minimum atomic E-state index is -0.725. The Hall–Kier alpha value is -1.16. The van der Waals surface area contributed by atoms with Gasteiger partial charge in [0.25, 0.3) is 0 Å². The zero-order valence-corrected chi connectivity index (χ0v) is 12.4. The highest BCUT2D eigenvalue weighted by Gasteiger charge is 2.18. The Morgan fingerprint density at radius 2 is 1.95 bits per heavy atom. The molecule has 0 aliphatic carbocycles. The number of carboxylic acid groups (broad SMARTS) is 1. The summed E-state index contributed by atoms with van der Waals surface area (Å²) in [6.07, 6.45) is 5.17. The van der Waals surface area contributed by atoms with E-state index in [1.165, 1.54) is 24.6 Å². The fourth-order valence-corrected chi connectivity index (χ4v) is 2.81. The quantitative estimate of drug-likeness (QED) is 0.544. The van der Waals surface area contributed by atoms with Crippen LogP contribution in [0.3, 0.4) is 0 Å². The number of hydrogen-bond donors (Lipinski definition) is 1. The summed E-state index contributed by atoms with van der Waals surface area (Å²) in [6.45, 7) is 2.15. The number of thioether (sulfide) groups is 1. The molecule has 0 aliphatic heterocycles. The molecule has 0 saturated heterocycles. The minimum Gasteiger partial charge on any atom is -0.497 e. The molecule has 0 amide bonds. The van der Waals surface area contributed by atoms with E-state index in [-0.39, 0.29) is 5.25 Å². The van der Waals surface area contributed by atoms with Crippen molar-refractivity contribution < 1.29 is 14.6 Å². The SMILES string of the molecule is CCCCCCC(Sc1ccc(OC)cc1)C(=O)O. The van der Waals surface area contributed by atoms with E-state index in [0.717, 1.165) is 29.9 Å². The third kappa shape index (κ3) is 6.01. The van der Waals surface area contributed by atoms with E-state index in [1.807, 2.05) is 24.3 Å². The molecule has 0 heterocycles. The molecule has 1 atom stereocenters. The van der Waals surface area contributed by atoms with Crippen molar-refractivity contribution in [3.63, 3.8) is 0 Å². The summed E-state index contributed by atoms with van der Waals surface area (Å²) in [5, 5.41) is 8.89. The van der Waals surface area contributed by atoms with Gasteiger partial charge in [-0.1, -0.05) is 32.6 Å². The van der Waals surface area contributed by atoms with E-state index in [4.69, 9.17) is 4.74 Å². The van der Waals surface area contributed by atoms with E-state index in [0.29, 0.717) is 0 Å². The predicted octanol–water partition coefficient (Wildman–Crippen LogP) is 4.21. The van der Waals surface area contributed by atoms with Gasteiger partial charge >= 0.3 is 5.97 Å². The lowest BCUT2D eigenvalue weighted by Gasteiger charge is -2.12. The molecular weight excluding hydrogens is 260 g/mol. The van der Waals surface area contributed by atoms with Gasteiger partial charge in [-0.05, 0) is 30.7 Å². The fraction of sp³-hybridized carbons (Fsp3) is 0.533. The lowest BCUT2D eigenvalue weighted by atomic mass is 10.1. The molecule has 1 rings (SSSR count). The second-order valence-corrected chi connectivity index (χ2v) is 5.75. The molecule has 4 heteroatoms. The number of aliphatic carboxylic acids is 1. The Kier molecular flexibility index (Phi) is 7.41. The number of benzene rings is 1. The molecule has 0 aromatic heterocycles. The van der Waals surface area contributed by atoms with Gasteiger partial charge in [0.1, 0.15) is 11.0 Å². The first-order valence-electron chi connectivity index (χ1n) is 6.71. The summed E-state index contributed by atoms with van der Waals surface area (Å²) in [5.74, 6) is 0.0662. The van der Waals surface area contributed by atoms with Gasteiger partial charge in [-0.25, -0.2) is 0 Å². The number of unbranched alkanes of at least 4 members (excludes halogenated alkanes) is 3. The summed E-state index contributed by atoms with van der Waals surface area (Å²) < 4.78 is 5.09. The maximum Gasteiger partial charge on any atom is 0.316 e. The summed E-state index contributed by atoms with van der Waals surface area (Å²) in [7, 11) is 1.62. The standard InChI is InChI=1S/C15H22O3S/c1-3-4-5-6-7-14(15(16)17)19-13-10-8-12(18-2)9-11-13/h8-11,14H,3-7H2,1-2H3,(H,16,17). The van der Waals surface area contributed by atoms with Crippen LogP contribution in [-0.4, -0.2) is 23.4 Å². The van der Waals surface area contributed by atoms with Crippen molar-refractivity contribution in [1.29, 1.82) is 0 Å². The van der Waals surface area contributed by atoms with Crippen LogP contribution in [-0.2, 0) is 4.79 Å². The van der Waals surface area contributed by atoms with Crippen LogP contribution in [0.25, 0.3) is 0 Å². The van der Waals surface area contributed by atoms with Crippen LogP contribution in [0, 0.1) is 0 Å². The van der Waals surface area contributed by atoms with Crippen molar-refractivity contribution in [3.8, 4) is 5.75 Å². The third-order valence-corrected chi connectivity index (χ3v) is 4.20. The molecule has 0 bridgehead atoms. The van der Waals surface area contributed by atoms with E-state index < -0.39 is 5.97 Å². The average Bonchev–Trinajstić information content (AvgIpc) is 2.42. The average molecular weight is 282 g/mol. The van der Waals surface area contributed by atoms with Crippen molar-refractivity contribution in [2.45, 2.75) is 49.2 Å². The number of carboxylic acids is 1. The lowest BCUT2D eigenvalue weighted by molar-refractivity contribution is -0.136. The molecule has 0 saturated carbocycles. The molecule has 106 valence electrons. The fourth-order valence-electron chi connectivity index (χ4n) is 1.81. The first-order chi connectivity index (χ1) is 9.17. The van der Waals surface area contributed by atoms with Crippen molar-refractivity contribution in [1.82, 2.24) is 0 Å². The minimum absolute atomic E-state index is 0.356. The maximum absolute atomic E-state index is 11.2. The zero-order chi connectivity index (χ0) is 14.1. The van der Waals surface area contributed by atoms with Gasteiger partial charge in [-0.3, -0.25) is 4.79 Å².